The average Bonchev–Trinajstić information content (AvgIpc) is 3.09. The fourth-order valence-electron chi connectivity index (χ4n) is 8.20. The topological polar surface area (TPSA) is 54.4 Å². The molecule has 4 unspecified atom stereocenters. The van der Waals surface area contributed by atoms with Crippen LogP contribution in [0.15, 0.2) is 35.9 Å². The molecule has 0 aromatic heterocycles. The highest BCUT2D eigenvalue weighted by Crippen LogP contribution is 2.69. The molecule has 0 heterocycles. The lowest BCUT2D eigenvalue weighted by atomic mass is 9.48. The number of ketones is 1. The van der Waals surface area contributed by atoms with Gasteiger partial charge in [0.15, 0.2) is 5.78 Å². The van der Waals surface area contributed by atoms with Gasteiger partial charge in [0.05, 0.1) is 0 Å². The van der Waals surface area contributed by atoms with E-state index < -0.39 is 35.5 Å². The molecule has 1 aromatic carbocycles. The van der Waals surface area contributed by atoms with Crippen molar-refractivity contribution in [3.05, 3.63) is 47.0 Å². The molecule has 0 spiro atoms. The van der Waals surface area contributed by atoms with Gasteiger partial charge in [0, 0.05) is 17.4 Å². The van der Waals surface area contributed by atoms with E-state index in [1.54, 1.807) is 18.2 Å². The zero-order valence-electron chi connectivity index (χ0n) is 19.5. The van der Waals surface area contributed by atoms with E-state index in [4.69, 9.17) is 0 Å². The van der Waals surface area contributed by atoms with Gasteiger partial charge in [-0.15, -0.1) is 0 Å². The van der Waals surface area contributed by atoms with Gasteiger partial charge < -0.3 is 5.11 Å². The standard InChI is InChI=1S/C27H29F5O3/c1-24-10-8-20-19(22(24)9-11-25(24,35)26(28,29)27(30,31)32)7-6-17-12-18(34)13-21(23(17)20)16-4-2-15(14-33)3-5-16/h2-5,12,14,19-23,35H,6-11,13H2,1H3/t19?,20?,21-,22?,23?,24-,25-/m0/s1. The number of carbonyl (C=O) groups excluding carboxylic acids is 2. The Labute approximate surface area is 200 Å². The quantitative estimate of drug-likeness (QED) is 0.397. The summed E-state index contributed by atoms with van der Waals surface area (Å²) < 4.78 is 69.5. The first kappa shape index (κ1) is 24.6. The second-order valence-electron chi connectivity index (χ2n) is 11.2. The number of benzene rings is 1. The van der Waals surface area contributed by atoms with Crippen LogP contribution in [-0.4, -0.2) is 34.9 Å². The fraction of sp³-hybridized carbons (Fsp3) is 0.630. The van der Waals surface area contributed by atoms with Crippen LogP contribution < -0.4 is 0 Å². The monoisotopic (exact) mass is 496 g/mol. The van der Waals surface area contributed by atoms with Crippen molar-refractivity contribution in [2.75, 3.05) is 0 Å². The summed E-state index contributed by atoms with van der Waals surface area (Å²) in [7, 11) is 0. The zero-order valence-corrected chi connectivity index (χ0v) is 19.5. The Hall–Kier alpha value is -2.09. The number of aliphatic hydroxyl groups is 1. The largest absolute Gasteiger partial charge is 0.456 e. The van der Waals surface area contributed by atoms with E-state index in [0.29, 0.717) is 31.2 Å². The summed E-state index contributed by atoms with van der Waals surface area (Å²) in [4.78, 5) is 23.6. The average molecular weight is 497 g/mol. The van der Waals surface area contributed by atoms with Crippen LogP contribution in [-0.2, 0) is 4.79 Å². The number of hydrogen-bond acceptors (Lipinski definition) is 3. The van der Waals surface area contributed by atoms with Crippen molar-refractivity contribution in [3.8, 4) is 0 Å². The van der Waals surface area contributed by atoms with Crippen LogP contribution >= 0.6 is 0 Å². The number of fused-ring (bicyclic) bond motifs is 5. The summed E-state index contributed by atoms with van der Waals surface area (Å²) in [6.07, 6.45) is -1.80. The molecule has 35 heavy (non-hydrogen) atoms. The third-order valence-electron chi connectivity index (χ3n) is 9.88. The molecule has 190 valence electrons. The number of halogens is 5. The minimum atomic E-state index is -5.82. The molecular weight excluding hydrogens is 467 g/mol. The third-order valence-corrected chi connectivity index (χ3v) is 9.88. The van der Waals surface area contributed by atoms with Crippen LogP contribution in [0.25, 0.3) is 0 Å². The van der Waals surface area contributed by atoms with Crippen LogP contribution in [0.1, 0.15) is 73.7 Å². The summed E-state index contributed by atoms with van der Waals surface area (Å²) in [6.45, 7) is 1.42. The van der Waals surface area contributed by atoms with E-state index in [1.165, 1.54) is 6.92 Å². The van der Waals surface area contributed by atoms with Gasteiger partial charge in [-0.05, 0) is 79.8 Å². The summed E-state index contributed by atoms with van der Waals surface area (Å²) in [5.41, 5.74) is -2.18. The maximum absolute atomic E-state index is 14.7. The van der Waals surface area contributed by atoms with E-state index in [0.717, 1.165) is 17.4 Å². The Bertz CT molecular complexity index is 1060. The Morgan fingerprint density at radius 3 is 2.31 bits per heavy atom. The molecule has 3 fully saturated rings. The van der Waals surface area contributed by atoms with Gasteiger partial charge in [0.25, 0.3) is 0 Å². The molecule has 0 amide bonds. The van der Waals surface area contributed by atoms with Crippen molar-refractivity contribution < 1.29 is 36.6 Å². The van der Waals surface area contributed by atoms with E-state index in [2.05, 4.69) is 0 Å². The number of hydrogen-bond donors (Lipinski definition) is 1. The van der Waals surface area contributed by atoms with Crippen molar-refractivity contribution in [2.24, 2.45) is 29.1 Å². The lowest BCUT2D eigenvalue weighted by molar-refractivity contribution is -0.363. The van der Waals surface area contributed by atoms with Crippen LogP contribution in [0, 0.1) is 29.1 Å². The van der Waals surface area contributed by atoms with Gasteiger partial charge in [-0.1, -0.05) is 36.8 Å². The van der Waals surface area contributed by atoms with Crippen molar-refractivity contribution >= 4 is 12.1 Å². The minimum Gasteiger partial charge on any atom is -0.383 e. The molecule has 3 saturated carbocycles. The van der Waals surface area contributed by atoms with Gasteiger partial charge in [-0.3, -0.25) is 9.59 Å². The Kier molecular flexibility index (Phi) is 5.59. The van der Waals surface area contributed by atoms with Crippen molar-refractivity contribution in [1.82, 2.24) is 0 Å². The highest BCUT2D eigenvalue weighted by Gasteiger charge is 2.78. The maximum Gasteiger partial charge on any atom is 0.456 e. The van der Waals surface area contributed by atoms with Crippen LogP contribution in [0.4, 0.5) is 22.0 Å². The highest BCUT2D eigenvalue weighted by atomic mass is 19.4. The first-order valence-corrected chi connectivity index (χ1v) is 12.3. The van der Waals surface area contributed by atoms with Gasteiger partial charge in [0.2, 0.25) is 0 Å². The van der Waals surface area contributed by atoms with Crippen molar-refractivity contribution in [3.63, 3.8) is 0 Å². The van der Waals surface area contributed by atoms with Crippen LogP contribution in [0.2, 0.25) is 0 Å². The molecule has 7 atom stereocenters. The molecular formula is C27H29F5O3. The predicted octanol–water partition coefficient (Wildman–Crippen LogP) is 6.26. The zero-order chi connectivity index (χ0) is 25.4. The van der Waals surface area contributed by atoms with E-state index in [9.17, 15) is 36.6 Å². The Morgan fingerprint density at radius 1 is 1.00 bits per heavy atom. The highest BCUT2D eigenvalue weighted by molar-refractivity contribution is 5.92. The molecule has 3 nitrogen and oxygen atoms in total. The molecule has 0 saturated heterocycles. The van der Waals surface area contributed by atoms with Crippen LogP contribution in [0.3, 0.4) is 0 Å². The lowest BCUT2D eigenvalue weighted by Crippen LogP contribution is -2.65. The summed E-state index contributed by atoms with van der Waals surface area (Å²) in [5, 5.41) is 11.0. The number of carbonyl (C=O) groups is 2. The van der Waals surface area contributed by atoms with E-state index >= 15 is 0 Å². The molecule has 0 aliphatic heterocycles. The molecule has 1 aromatic rings. The molecule has 4 aliphatic rings. The Morgan fingerprint density at radius 2 is 1.69 bits per heavy atom. The first-order valence-electron chi connectivity index (χ1n) is 12.3. The van der Waals surface area contributed by atoms with Gasteiger partial charge in [-0.25, -0.2) is 0 Å². The second kappa shape index (κ2) is 7.95. The second-order valence-corrected chi connectivity index (χ2v) is 11.2. The number of aldehydes is 1. The minimum absolute atomic E-state index is 0.00472. The van der Waals surface area contributed by atoms with Gasteiger partial charge in [0.1, 0.15) is 11.9 Å². The fourth-order valence-corrected chi connectivity index (χ4v) is 8.20. The Balaban J connectivity index is 1.50. The number of rotatable bonds is 3. The maximum atomic E-state index is 14.7. The normalized spacial score (nSPS) is 39.3. The summed E-state index contributed by atoms with van der Waals surface area (Å²) >= 11 is 0. The summed E-state index contributed by atoms with van der Waals surface area (Å²) in [5.74, 6) is -5.79. The molecule has 1 N–H and O–H groups in total. The van der Waals surface area contributed by atoms with Crippen LogP contribution in [0.5, 0.6) is 0 Å². The predicted molar refractivity (Wildman–Crippen MR) is 118 cm³/mol. The first-order chi connectivity index (χ1) is 16.3. The SMILES string of the molecule is C[C@]12CCC3C(CCC4=CC(=O)C[C@@H](c5ccc(C=O)cc5)C43)C1CC[C@@]2(O)C(F)(F)C(F)(F)F. The van der Waals surface area contributed by atoms with E-state index in [-0.39, 0.29) is 42.3 Å². The summed E-state index contributed by atoms with van der Waals surface area (Å²) in [6, 6.07) is 7.11. The number of alkyl halides is 5. The van der Waals surface area contributed by atoms with Gasteiger partial charge in [-0.2, -0.15) is 22.0 Å². The molecule has 0 bridgehead atoms. The molecule has 8 heteroatoms. The third kappa shape index (κ3) is 3.38. The smallest absolute Gasteiger partial charge is 0.383 e. The molecule has 5 rings (SSSR count). The van der Waals surface area contributed by atoms with Gasteiger partial charge >= 0.3 is 12.1 Å². The lowest BCUT2D eigenvalue weighted by Gasteiger charge is -2.57. The molecule has 0 radical (unpaired) electrons. The number of allylic oxidation sites excluding steroid dienone is 1. The van der Waals surface area contributed by atoms with Crippen molar-refractivity contribution in [2.45, 2.75) is 75.5 Å². The van der Waals surface area contributed by atoms with E-state index in [1.807, 2.05) is 12.1 Å². The van der Waals surface area contributed by atoms with Crippen molar-refractivity contribution in [1.29, 1.82) is 0 Å². The molecule has 4 aliphatic carbocycles.